The van der Waals surface area contributed by atoms with Crippen LogP contribution >= 0.6 is 11.8 Å². The van der Waals surface area contributed by atoms with Crippen LogP contribution in [0.2, 0.25) is 0 Å². The molecule has 0 fully saturated rings. The van der Waals surface area contributed by atoms with Gasteiger partial charge in [0.2, 0.25) is 0 Å². The molecular formula is C29H40N2S. The van der Waals surface area contributed by atoms with Gasteiger partial charge >= 0.3 is 0 Å². The van der Waals surface area contributed by atoms with E-state index in [-0.39, 0.29) is 0 Å². The third kappa shape index (κ3) is 8.97. The maximum atomic E-state index is 2.66. The molecule has 3 rings (SSSR count). The molecule has 0 bridgehead atoms. The summed E-state index contributed by atoms with van der Waals surface area (Å²) in [7, 11) is 0. The van der Waals surface area contributed by atoms with Gasteiger partial charge in [0.1, 0.15) is 0 Å². The number of nitrogens with zero attached hydrogens (tertiary/aromatic N) is 2. The molecule has 0 heterocycles. The highest BCUT2D eigenvalue weighted by atomic mass is 32.2. The Balaban J connectivity index is 1.55. The minimum atomic E-state index is 0.593. The van der Waals surface area contributed by atoms with Crippen molar-refractivity contribution >= 4 is 11.8 Å². The molecule has 172 valence electrons. The van der Waals surface area contributed by atoms with Crippen LogP contribution in [0.25, 0.3) is 0 Å². The van der Waals surface area contributed by atoms with Gasteiger partial charge in [-0.1, -0.05) is 85.8 Å². The van der Waals surface area contributed by atoms with Crippen molar-refractivity contribution in [1.82, 2.24) is 9.80 Å². The van der Waals surface area contributed by atoms with Crippen LogP contribution in [-0.4, -0.2) is 41.2 Å². The Kier molecular flexibility index (Phi) is 11.1. The molecular weight excluding hydrogens is 408 g/mol. The summed E-state index contributed by atoms with van der Waals surface area (Å²) in [6.07, 6.45) is 11.6. The Morgan fingerprint density at radius 3 is 2.19 bits per heavy atom. The maximum absolute atomic E-state index is 2.66. The van der Waals surface area contributed by atoms with Gasteiger partial charge in [0, 0.05) is 32.2 Å². The van der Waals surface area contributed by atoms with E-state index in [9.17, 15) is 0 Å². The van der Waals surface area contributed by atoms with Crippen LogP contribution < -0.4 is 0 Å². The van der Waals surface area contributed by atoms with Gasteiger partial charge < -0.3 is 0 Å². The Morgan fingerprint density at radius 2 is 1.56 bits per heavy atom. The molecule has 2 nitrogen and oxygen atoms in total. The van der Waals surface area contributed by atoms with E-state index in [0.717, 1.165) is 32.7 Å². The van der Waals surface area contributed by atoms with Crippen LogP contribution in [0.1, 0.15) is 50.7 Å². The zero-order chi connectivity index (χ0) is 22.4. The minimum Gasteiger partial charge on any atom is -0.298 e. The summed E-state index contributed by atoms with van der Waals surface area (Å²) < 4.78 is 0. The van der Waals surface area contributed by atoms with E-state index in [0.29, 0.717) is 6.04 Å². The summed E-state index contributed by atoms with van der Waals surface area (Å²) in [5, 5.41) is 0. The van der Waals surface area contributed by atoms with Crippen LogP contribution in [0.4, 0.5) is 0 Å². The van der Waals surface area contributed by atoms with E-state index >= 15 is 0 Å². The van der Waals surface area contributed by atoms with Crippen molar-refractivity contribution in [2.24, 2.45) is 0 Å². The molecule has 0 spiro atoms. The lowest BCUT2D eigenvalue weighted by atomic mass is 10.1. The SMILES string of the molecule is CCC(C)N(CCN(CCCSC1=CC=CCC1)Cc1ccccc1)Cc1ccccc1. The number of thioether (sulfide) groups is 1. The normalized spacial score (nSPS) is 14.7. The van der Waals surface area contributed by atoms with E-state index in [1.165, 1.54) is 42.6 Å². The Morgan fingerprint density at radius 1 is 0.875 bits per heavy atom. The van der Waals surface area contributed by atoms with Gasteiger partial charge in [-0.2, -0.15) is 0 Å². The van der Waals surface area contributed by atoms with Gasteiger partial charge in [-0.25, -0.2) is 0 Å². The number of benzene rings is 2. The lowest BCUT2D eigenvalue weighted by Gasteiger charge is -2.32. The number of hydrogen-bond donors (Lipinski definition) is 0. The lowest BCUT2D eigenvalue weighted by molar-refractivity contribution is 0.154. The molecule has 0 saturated carbocycles. The second kappa shape index (κ2) is 14.4. The second-order valence-electron chi connectivity index (χ2n) is 8.78. The summed E-state index contributed by atoms with van der Waals surface area (Å²) in [5.74, 6) is 1.21. The zero-order valence-corrected chi connectivity index (χ0v) is 20.8. The molecule has 1 unspecified atom stereocenters. The van der Waals surface area contributed by atoms with Crippen LogP contribution in [0, 0.1) is 0 Å². The minimum absolute atomic E-state index is 0.593. The first-order chi connectivity index (χ1) is 15.7. The summed E-state index contributed by atoms with van der Waals surface area (Å²) in [5.41, 5.74) is 2.83. The molecule has 2 aromatic rings. The summed E-state index contributed by atoms with van der Waals surface area (Å²) in [6.45, 7) is 10.1. The van der Waals surface area contributed by atoms with Crippen molar-refractivity contribution in [2.45, 2.75) is 58.7 Å². The number of allylic oxidation sites excluding steroid dienone is 4. The van der Waals surface area contributed by atoms with E-state index in [2.05, 4.69) is 114 Å². The standard InChI is InChI=1S/C29H40N2S/c1-3-26(2)31(25-28-16-9-5-10-17-28)22-21-30(24-27-14-7-4-8-15-27)20-13-23-32-29-18-11-6-12-19-29/h4-11,14-18,26H,3,12-13,19-25H2,1-2H3. The number of hydrogen-bond acceptors (Lipinski definition) is 3. The fraction of sp³-hybridized carbons (Fsp3) is 0.448. The zero-order valence-electron chi connectivity index (χ0n) is 20.0. The first-order valence-electron chi connectivity index (χ1n) is 12.3. The highest BCUT2D eigenvalue weighted by Crippen LogP contribution is 2.25. The molecule has 0 N–H and O–H groups in total. The van der Waals surface area contributed by atoms with Crippen LogP contribution in [0.15, 0.2) is 83.8 Å². The Labute approximate surface area is 200 Å². The highest BCUT2D eigenvalue weighted by Gasteiger charge is 2.15. The molecule has 0 aromatic heterocycles. The topological polar surface area (TPSA) is 6.48 Å². The van der Waals surface area contributed by atoms with Gasteiger partial charge in [0.05, 0.1) is 0 Å². The predicted molar refractivity (Wildman–Crippen MR) is 142 cm³/mol. The van der Waals surface area contributed by atoms with Crippen molar-refractivity contribution in [1.29, 1.82) is 0 Å². The monoisotopic (exact) mass is 448 g/mol. The van der Waals surface area contributed by atoms with Crippen LogP contribution in [0.3, 0.4) is 0 Å². The van der Waals surface area contributed by atoms with Crippen molar-refractivity contribution < 1.29 is 0 Å². The third-order valence-corrected chi connectivity index (χ3v) is 7.48. The average molecular weight is 449 g/mol. The molecule has 32 heavy (non-hydrogen) atoms. The molecule has 2 aromatic carbocycles. The molecule has 1 atom stereocenters. The van der Waals surface area contributed by atoms with Gasteiger partial charge in [0.15, 0.2) is 0 Å². The summed E-state index contributed by atoms with van der Waals surface area (Å²) in [4.78, 5) is 6.86. The number of rotatable bonds is 14. The lowest BCUT2D eigenvalue weighted by Crippen LogP contribution is -2.39. The van der Waals surface area contributed by atoms with Gasteiger partial charge in [-0.15, -0.1) is 11.8 Å². The molecule has 0 amide bonds. The van der Waals surface area contributed by atoms with E-state index in [1.807, 2.05) is 0 Å². The maximum Gasteiger partial charge on any atom is 0.0237 e. The Bertz CT molecular complexity index is 816. The van der Waals surface area contributed by atoms with Crippen LogP contribution in [0.5, 0.6) is 0 Å². The third-order valence-electron chi connectivity index (χ3n) is 6.28. The Hall–Kier alpha value is -1.81. The molecule has 0 radical (unpaired) electrons. The van der Waals surface area contributed by atoms with Gasteiger partial charge in [-0.05, 0) is 60.9 Å². The highest BCUT2D eigenvalue weighted by molar-refractivity contribution is 8.03. The fourth-order valence-electron chi connectivity index (χ4n) is 4.11. The van der Waals surface area contributed by atoms with Crippen molar-refractivity contribution in [3.05, 3.63) is 94.9 Å². The van der Waals surface area contributed by atoms with Crippen molar-refractivity contribution in [3.8, 4) is 0 Å². The van der Waals surface area contributed by atoms with E-state index < -0.39 is 0 Å². The predicted octanol–water partition coefficient (Wildman–Crippen LogP) is 7.15. The van der Waals surface area contributed by atoms with E-state index in [1.54, 1.807) is 4.91 Å². The second-order valence-corrected chi connectivity index (χ2v) is 10.00. The molecule has 0 aliphatic heterocycles. The van der Waals surface area contributed by atoms with Gasteiger partial charge in [0.25, 0.3) is 0 Å². The fourth-order valence-corrected chi connectivity index (χ4v) is 5.08. The molecule has 0 saturated heterocycles. The van der Waals surface area contributed by atoms with Crippen molar-refractivity contribution in [2.75, 3.05) is 25.4 Å². The summed E-state index contributed by atoms with van der Waals surface area (Å²) >= 11 is 2.05. The smallest absolute Gasteiger partial charge is 0.0237 e. The van der Waals surface area contributed by atoms with Gasteiger partial charge in [-0.3, -0.25) is 9.80 Å². The first kappa shape index (κ1) is 24.8. The largest absolute Gasteiger partial charge is 0.298 e. The molecule has 1 aliphatic carbocycles. The van der Waals surface area contributed by atoms with Crippen LogP contribution in [-0.2, 0) is 13.1 Å². The molecule has 3 heteroatoms. The van der Waals surface area contributed by atoms with Crippen molar-refractivity contribution in [3.63, 3.8) is 0 Å². The molecule has 1 aliphatic rings. The van der Waals surface area contributed by atoms with E-state index in [4.69, 9.17) is 0 Å². The average Bonchev–Trinajstić information content (AvgIpc) is 2.85. The first-order valence-corrected chi connectivity index (χ1v) is 13.3. The summed E-state index contributed by atoms with van der Waals surface area (Å²) in [6, 6.07) is 22.5. The quantitative estimate of drug-likeness (QED) is 0.283.